The van der Waals surface area contributed by atoms with Gasteiger partial charge in [0.25, 0.3) is 6.43 Å². The van der Waals surface area contributed by atoms with Crippen molar-refractivity contribution < 1.29 is 22.3 Å². The fourth-order valence-corrected chi connectivity index (χ4v) is 1.94. The zero-order valence-corrected chi connectivity index (χ0v) is 10.9. The monoisotopic (exact) mass is 308 g/mol. The molecule has 0 spiro atoms. The Labute approximate surface area is 122 Å². The predicted molar refractivity (Wildman–Crippen MR) is 70.9 cm³/mol. The van der Waals surface area contributed by atoms with Crippen LogP contribution in [-0.4, -0.2) is 9.97 Å². The Morgan fingerprint density at radius 1 is 0.909 bits per heavy atom. The zero-order valence-electron chi connectivity index (χ0n) is 10.9. The molecule has 2 aromatic carbocycles. The molecule has 0 amide bonds. The van der Waals surface area contributed by atoms with Crippen LogP contribution in [0, 0.1) is 11.6 Å². The van der Waals surface area contributed by atoms with E-state index in [2.05, 4.69) is 9.97 Å². The van der Waals surface area contributed by atoms with E-state index in [0.29, 0.717) is 11.5 Å². The molecule has 3 aromatic rings. The number of alkyl halides is 2. The number of benzene rings is 2. The van der Waals surface area contributed by atoms with Gasteiger partial charge in [0.1, 0.15) is 17.4 Å². The third-order valence-corrected chi connectivity index (χ3v) is 2.83. The van der Waals surface area contributed by atoms with Gasteiger partial charge in [0.2, 0.25) is 5.88 Å². The molecule has 0 aliphatic rings. The van der Waals surface area contributed by atoms with Crippen molar-refractivity contribution in [3.63, 3.8) is 0 Å². The Morgan fingerprint density at radius 3 is 2.27 bits per heavy atom. The Morgan fingerprint density at radius 2 is 1.59 bits per heavy atom. The topological polar surface area (TPSA) is 35.0 Å². The fourth-order valence-electron chi connectivity index (χ4n) is 1.94. The zero-order chi connectivity index (χ0) is 15.7. The van der Waals surface area contributed by atoms with Crippen LogP contribution in [0.2, 0.25) is 0 Å². The van der Waals surface area contributed by atoms with Gasteiger partial charge in [-0.05, 0) is 12.1 Å². The van der Waals surface area contributed by atoms with Gasteiger partial charge in [-0.2, -0.15) is 4.98 Å². The van der Waals surface area contributed by atoms with Gasteiger partial charge in [-0.1, -0.05) is 12.1 Å². The molecule has 0 atom stereocenters. The van der Waals surface area contributed by atoms with Crippen molar-refractivity contribution in [3.8, 4) is 11.6 Å². The number of fused-ring (bicyclic) bond motifs is 1. The molecule has 0 bridgehead atoms. The van der Waals surface area contributed by atoms with E-state index < -0.39 is 23.9 Å². The Kier molecular flexibility index (Phi) is 3.62. The molecule has 0 fully saturated rings. The largest absolute Gasteiger partial charge is 0.438 e. The average Bonchev–Trinajstić information content (AvgIpc) is 2.46. The van der Waals surface area contributed by atoms with Crippen molar-refractivity contribution in [2.24, 2.45) is 0 Å². The third kappa shape index (κ3) is 2.83. The van der Waals surface area contributed by atoms with Crippen molar-refractivity contribution in [1.29, 1.82) is 0 Å². The molecule has 3 nitrogen and oxygen atoms in total. The molecule has 0 aliphatic heterocycles. The van der Waals surface area contributed by atoms with Crippen LogP contribution >= 0.6 is 0 Å². The smallest absolute Gasteiger partial charge is 0.297 e. The minimum absolute atomic E-state index is 0.179. The van der Waals surface area contributed by atoms with Crippen molar-refractivity contribution in [1.82, 2.24) is 9.97 Å². The molecule has 1 heterocycles. The second-order valence-electron chi connectivity index (χ2n) is 4.41. The van der Waals surface area contributed by atoms with E-state index in [9.17, 15) is 17.6 Å². The minimum Gasteiger partial charge on any atom is -0.438 e. The summed E-state index contributed by atoms with van der Waals surface area (Å²) in [5.41, 5.74) is 0.250. The number of halogens is 4. The molecule has 1 aromatic heterocycles. The van der Waals surface area contributed by atoms with Crippen LogP contribution in [-0.2, 0) is 0 Å². The van der Waals surface area contributed by atoms with Crippen molar-refractivity contribution >= 4 is 10.9 Å². The van der Waals surface area contributed by atoms with Gasteiger partial charge in [0.15, 0.2) is 5.82 Å². The summed E-state index contributed by atoms with van der Waals surface area (Å²) < 4.78 is 57.3. The van der Waals surface area contributed by atoms with E-state index in [-0.39, 0.29) is 17.1 Å². The molecule has 0 aliphatic carbocycles. The number of rotatable bonds is 3. The fraction of sp³-hybridized carbons (Fsp3) is 0.0667. The average molecular weight is 308 g/mol. The molecule has 0 unspecified atom stereocenters. The number of aromatic nitrogens is 2. The summed E-state index contributed by atoms with van der Waals surface area (Å²) in [6, 6.07) is 8.89. The van der Waals surface area contributed by atoms with Crippen LogP contribution in [0.25, 0.3) is 10.9 Å². The quantitative estimate of drug-likeness (QED) is 0.661. The number of hydrogen-bond acceptors (Lipinski definition) is 3. The predicted octanol–water partition coefficient (Wildman–Crippen LogP) is 4.64. The lowest BCUT2D eigenvalue weighted by Crippen LogP contribution is -2.00. The van der Waals surface area contributed by atoms with E-state index >= 15 is 0 Å². The summed E-state index contributed by atoms with van der Waals surface area (Å²) >= 11 is 0. The first kappa shape index (κ1) is 14.2. The van der Waals surface area contributed by atoms with Gasteiger partial charge in [-0.25, -0.2) is 22.5 Å². The van der Waals surface area contributed by atoms with E-state index in [1.807, 2.05) is 0 Å². The summed E-state index contributed by atoms with van der Waals surface area (Å²) in [5, 5.41) is 0.358. The maximum atomic E-state index is 13.2. The maximum absolute atomic E-state index is 13.2. The van der Waals surface area contributed by atoms with Crippen LogP contribution < -0.4 is 4.74 Å². The molecule has 22 heavy (non-hydrogen) atoms. The molecule has 0 radical (unpaired) electrons. The first-order valence-corrected chi connectivity index (χ1v) is 6.22. The van der Waals surface area contributed by atoms with Crippen molar-refractivity contribution in [3.05, 3.63) is 59.9 Å². The lowest BCUT2D eigenvalue weighted by molar-refractivity contribution is 0.140. The number of para-hydroxylation sites is 1. The van der Waals surface area contributed by atoms with Crippen LogP contribution in [0.4, 0.5) is 17.6 Å². The standard InChI is InChI=1S/C15H8F4N2O/c16-8-5-9(17)7-10(6-8)22-15-11-3-1-2-4-12(11)20-14(21-15)13(18)19/h1-7,13H. The summed E-state index contributed by atoms with van der Waals surface area (Å²) in [6.45, 7) is 0. The summed E-state index contributed by atoms with van der Waals surface area (Å²) in [4.78, 5) is 7.35. The van der Waals surface area contributed by atoms with Gasteiger partial charge in [-0.3, -0.25) is 0 Å². The third-order valence-electron chi connectivity index (χ3n) is 2.83. The van der Waals surface area contributed by atoms with Crippen molar-refractivity contribution in [2.75, 3.05) is 0 Å². The second kappa shape index (κ2) is 5.59. The van der Waals surface area contributed by atoms with Gasteiger partial charge in [-0.15, -0.1) is 0 Å². The summed E-state index contributed by atoms with van der Waals surface area (Å²) in [7, 11) is 0. The highest BCUT2D eigenvalue weighted by Crippen LogP contribution is 2.30. The van der Waals surface area contributed by atoms with Crippen LogP contribution in [0.15, 0.2) is 42.5 Å². The normalized spacial score (nSPS) is 11.1. The van der Waals surface area contributed by atoms with E-state index in [0.717, 1.165) is 12.1 Å². The minimum atomic E-state index is -2.89. The van der Waals surface area contributed by atoms with Crippen LogP contribution in [0.1, 0.15) is 12.2 Å². The molecular weight excluding hydrogens is 300 g/mol. The lowest BCUT2D eigenvalue weighted by Gasteiger charge is -2.10. The second-order valence-corrected chi connectivity index (χ2v) is 4.41. The number of ether oxygens (including phenoxy) is 1. The molecular formula is C15H8F4N2O. The molecule has 7 heteroatoms. The Balaban J connectivity index is 2.12. The highest BCUT2D eigenvalue weighted by molar-refractivity contribution is 5.83. The number of nitrogens with zero attached hydrogens (tertiary/aromatic N) is 2. The summed E-state index contributed by atoms with van der Waals surface area (Å²) in [6.07, 6.45) is -2.89. The Hall–Kier alpha value is -2.70. The van der Waals surface area contributed by atoms with Gasteiger partial charge in [0, 0.05) is 18.2 Å². The van der Waals surface area contributed by atoms with Crippen molar-refractivity contribution in [2.45, 2.75) is 6.43 Å². The van der Waals surface area contributed by atoms with Crippen LogP contribution in [0.3, 0.4) is 0 Å². The van der Waals surface area contributed by atoms with Crippen LogP contribution in [0.5, 0.6) is 11.6 Å². The SMILES string of the molecule is Fc1cc(F)cc(Oc2nc(C(F)F)nc3ccccc23)c1. The Bertz CT molecular complexity index is 819. The summed E-state index contributed by atoms with van der Waals surface area (Å²) in [5.74, 6) is -2.78. The first-order chi connectivity index (χ1) is 10.5. The van der Waals surface area contributed by atoms with E-state index in [1.54, 1.807) is 18.2 Å². The van der Waals surface area contributed by atoms with Gasteiger partial charge >= 0.3 is 0 Å². The highest BCUT2D eigenvalue weighted by atomic mass is 19.3. The van der Waals surface area contributed by atoms with Gasteiger partial charge < -0.3 is 4.74 Å². The number of hydrogen-bond donors (Lipinski definition) is 0. The van der Waals surface area contributed by atoms with E-state index in [1.165, 1.54) is 6.07 Å². The first-order valence-electron chi connectivity index (χ1n) is 6.22. The molecule has 3 rings (SSSR count). The molecule has 0 N–H and O–H groups in total. The maximum Gasteiger partial charge on any atom is 0.297 e. The molecule has 112 valence electrons. The van der Waals surface area contributed by atoms with E-state index in [4.69, 9.17) is 4.74 Å². The molecule has 0 saturated carbocycles. The molecule has 0 saturated heterocycles. The highest BCUT2D eigenvalue weighted by Gasteiger charge is 2.16. The van der Waals surface area contributed by atoms with Gasteiger partial charge in [0.05, 0.1) is 10.9 Å². The lowest BCUT2D eigenvalue weighted by atomic mass is 10.2.